The molecule has 0 bridgehead atoms. The van der Waals surface area contributed by atoms with Crippen LogP contribution in [0.3, 0.4) is 0 Å². The first-order chi connectivity index (χ1) is 11.0. The third kappa shape index (κ3) is 5.33. The molecule has 0 radical (unpaired) electrons. The summed E-state index contributed by atoms with van der Waals surface area (Å²) in [4.78, 5) is 18.2. The zero-order valence-corrected chi connectivity index (χ0v) is 15.1. The number of carbonyl (C=O) groups is 1. The number of nitrogens with zero attached hydrogens (tertiary/aromatic N) is 2. The smallest absolute Gasteiger partial charge is 0.269 e. The van der Waals surface area contributed by atoms with Gasteiger partial charge in [0.2, 0.25) is 0 Å². The van der Waals surface area contributed by atoms with Gasteiger partial charge >= 0.3 is 0 Å². The van der Waals surface area contributed by atoms with Crippen molar-refractivity contribution in [2.24, 2.45) is 0 Å². The van der Waals surface area contributed by atoms with Gasteiger partial charge in [-0.3, -0.25) is 4.79 Å². The van der Waals surface area contributed by atoms with Gasteiger partial charge in [-0.2, -0.15) is 0 Å². The molecule has 1 heterocycles. The molecule has 0 aliphatic heterocycles. The lowest BCUT2D eigenvalue weighted by Crippen LogP contribution is -2.31. The van der Waals surface area contributed by atoms with E-state index in [2.05, 4.69) is 31.5 Å². The van der Waals surface area contributed by atoms with Gasteiger partial charge in [0.25, 0.3) is 5.91 Å². The predicted octanol–water partition coefficient (Wildman–Crippen LogP) is 3.19. The molecule has 6 heteroatoms. The minimum absolute atomic E-state index is 0.155. The molecule has 0 saturated carbocycles. The minimum atomic E-state index is -0.155. The summed E-state index contributed by atoms with van der Waals surface area (Å²) in [5.74, 6) is -0.155. The molecule has 0 unspecified atom stereocenters. The molecular weight excluding hydrogens is 356 g/mol. The first-order valence-corrected chi connectivity index (χ1v) is 8.17. The minimum Gasteiger partial charge on any atom is -0.354 e. The van der Waals surface area contributed by atoms with Crippen LogP contribution >= 0.6 is 15.9 Å². The average molecular weight is 377 g/mol. The Labute approximate surface area is 145 Å². The van der Waals surface area contributed by atoms with Crippen molar-refractivity contribution in [1.29, 1.82) is 0 Å². The molecule has 1 aromatic heterocycles. The van der Waals surface area contributed by atoms with Crippen LogP contribution in [0.25, 0.3) is 0 Å². The highest BCUT2D eigenvalue weighted by Gasteiger charge is 2.07. The Balaban J connectivity index is 1.96. The van der Waals surface area contributed by atoms with Gasteiger partial charge in [-0.25, -0.2) is 4.98 Å². The summed E-state index contributed by atoms with van der Waals surface area (Å²) in [6.45, 7) is 3.44. The number of rotatable bonds is 6. The summed E-state index contributed by atoms with van der Waals surface area (Å²) in [6, 6.07) is 9.60. The second-order valence-corrected chi connectivity index (χ2v) is 6.43. The zero-order chi connectivity index (χ0) is 16.8. The highest BCUT2D eigenvalue weighted by molar-refractivity contribution is 9.10. The van der Waals surface area contributed by atoms with Crippen LogP contribution in [0.4, 0.5) is 11.4 Å². The summed E-state index contributed by atoms with van der Waals surface area (Å²) in [6.07, 6.45) is 1.66. The zero-order valence-electron chi connectivity index (χ0n) is 13.6. The topological polar surface area (TPSA) is 57.3 Å². The molecule has 0 aliphatic rings. The first-order valence-electron chi connectivity index (χ1n) is 7.38. The molecule has 0 aliphatic carbocycles. The van der Waals surface area contributed by atoms with Gasteiger partial charge in [-0.1, -0.05) is 15.9 Å². The third-order valence-electron chi connectivity index (χ3n) is 3.29. The molecular formula is C17H21BrN4O. The number of hydrogen-bond donors (Lipinski definition) is 2. The summed E-state index contributed by atoms with van der Waals surface area (Å²) < 4.78 is 1.07. The van der Waals surface area contributed by atoms with E-state index in [-0.39, 0.29) is 5.91 Å². The molecule has 0 spiro atoms. The van der Waals surface area contributed by atoms with E-state index in [1.807, 2.05) is 50.2 Å². The van der Waals surface area contributed by atoms with Crippen LogP contribution in [0.1, 0.15) is 16.1 Å². The number of halogens is 1. The molecule has 0 fully saturated rings. The summed E-state index contributed by atoms with van der Waals surface area (Å²) >= 11 is 3.48. The van der Waals surface area contributed by atoms with E-state index in [0.717, 1.165) is 28.0 Å². The van der Waals surface area contributed by atoms with Crippen LogP contribution in [0.2, 0.25) is 0 Å². The Morgan fingerprint density at radius 1 is 1.22 bits per heavy atom. The number of amides is 1. The lowest BCUT2D eigenvalue weighted by molar-refractivity contribution is 0.0946. The maximum atomic E-state index is 12.0. The maximum absolute atomic E-state index is 12.0. The van der Waals surface area contributed by atoms with Gasteiger partial charge in [0.05, 0.1) is 11.9 Å². The van der Waals surface area contributed by atoms with Gasteiger partial charge < -0.3 is 15.5 Å². The van der Waals surface area contributed by atoms with E-state index in [0.29, 0.717) is 12.2 Å². The van der Waals surface area contributed by atoms with Crippen molar-refractivity contribution in [1.82, 2.24) is 15.2 Å². The largest absolute Gasteiger partial charge is 0.354 e. The van der Waals surface area contributed by atoms with Crippen molar-refractivity contribution in [2.45, 2.75) is 6.92 Å². The molecule has 5 nitrogen and oxygen atoms in total. The number of carbonyl (C=O) groups excluding carboxylic acids is 1. The van der Waals surface area contributed by atoms with Crippen molar-refractivity contribution >= 4 is 33.2 Å². The van der Waals surface area contributed by atoms with E-state index in [4.69, 9.17) is 0 Å². The third-order valence-corrected chi connectivity index (χ3v) is 4.18. The predicted molar refractivity (Wildman–Crippen MR) is 97.3 cm³/mol. The fraction of sp³-hybridized carbons (Fsp3) is 0.294. The molecule has 2 rings (SSSR count). The number of hydrogen-bond acceptors (Lipinski definition) is 4. The van der Waals surface area contributed by atoms with Crippen molar-refractivity contribution in [3.05, 3.63) is 52.3 Å². The Bertz CT molecular complexity index is 671. The van der Waals surface area contributed by atoms with Gasteiger partial charge in [-0.05, 0) is 56.9 Å². The average Bonchev–Trinajstić information content (AvgIpc) is 2.51. The standard InChI is InChI=1S/C17H21BrN4O/c1-12-10-13(4-6-15(12)18)21-14-5-7-16(20-11-14)17(23)19-8-9-22(2)3/h4-7,10-11,21H,8-9H2,1-3H3,(H,19,23). The number of pyridine rings is 1. The van der Waals surface area contributed by atoms with Crippen molar-refractivity contribution in [3.63, 3.8) is 0 Å². The summed E-state index contributed by atoms with van der Waals surface area (Å²) in [7, 11) is 3.93. The highest BCUT2D eigenvalue weighted by Crippen LogP contribution is 2.22. The quantitative estimate of drug-likeness (QED) is 0.812. The number of aryl methyl sites for hydroxylation is 1. The van der Waals surface area contributed by atoms with Crippen molar-refractivity contribution in [3.8, 4) is 0 Å². The number of aromatic nitrogens is 1. The van der Waals surface area contributed by atoms with Crippen LogP contribution in [0, 0.1) is 6.92 Å². The monoisotopic (exact) mass is 376 g/mol. The SMILES string of the molecule is Cc1cc(Nc2ccc(C(=O)NCCN(C)C)nc2)ccc1Br. The maximum Gasteiger partial charge on any atom is 0.269 e. The first kappa shape index (κ1) is 17.4. The normalized spacial score (nSPS) is 10.7. The van der Waals surface area contributed by atoms with E-state index < -0.39 is 0 Å². The molecule has 0 saturated heterocycles. The molecule has 23 heavy (non-hydrogen) atoms. The Kier molecular flexibility index (Phi) is 6.12. The second kappa shape index (κ2) is 8.08. The Morgan fingerprint density at radius 3 is 2.57 bits per heavy atom. The van der Waals surface area contributed by atoms with Crippen LogP contribution in [0.5, 0.6) is 0 Å². The lowest BCUT2D eigenvalue weighted by Gasteiger charge is -2.11. The number of anilines is 2. The van der Waals surface area contributed by atoms with E-state index >= 15 is 0 Å². The van der Waals surface area contributed by atoms with E-state index in [1.165, 1.54) is 0 Å². The fourth-order valence-electron chi connectivity index (χ4n) is 1.97. The summed E-state index contributed by atoms with van der Waals surface area (Å²) in [5, 5.41) is 6.12. The summed E-state index contributed by atoms with van der Waals surface area (Å²) in [5.41, 5.74) is 3.40. The molecule has 0 atom stereocenters. The van der Waals surface area contributed by atoms with Gasteiger partial charge in [-0.15, -0.1) is 0 Å². The van der Waals surface area contributed by atoms with E-state index in [9.17, 15) is 4.79 Å². The van der Waals surface area contributed by atoms with Crippen LogP contribution in [-0.2, 0) is 0 Å². The highest BCUT2D eigenvalue weighted by atomic mass is 79.9. The Hall–Kier alpha value is -1.92. The van der Waals surface area contributed by atoms with E-state index in [1.54, 1.807) is 12.3 Å². The van der Waals surface area contributed by atoms with Crippen LogP contribution in [0.15, 0.2) is 41.0 Å². The van der Waals surface area contributed by atoms with Crippen molar-refractivity contribution in [2.75, 3.05) is 32.5 Å². The fourth-order valence-corrected chi connectivity index (χ4v) is 2.22. The number of nitrogens with one attached hydrogen (secondary N) is 2. The van der Waals surface area contributed by atoms with Crippen LogP contribution < -0.4 is 10.6 Å². The molecule has 2 aromatic rings. The molecule has 2 N–H and O–H groups in total. The molecule has 1 aromatic carbocycles. The van der Waals surface area contributed by atoms with Gasteiger partial charge in [0, 0.05) is 23.2 Å². The molecule has 122 valence electrons. The Morgan fingerprint density at radius 2 is 1.96 bits per heavy atom. The molecule has 1 amide bonds. The van der Waals surface area contributed by atoms with Gasteiger partial charge in [0.1, 0.15) is 5.69 Å². The van der Waals surface area contributed by atoms with Crippen molar-refractivity contribution < 1.29 is 4.79 Å². The van der Waals surface area contributed by atoms with Gasteiger partial charge in [0.15, 0.2) is 0 Å². The second-order valence-electron chi connectivity index (χ2n) is 5.58. The lowest BCUT2D eigenvalue weighted by atomic mass is 10.2. The number of likely N-dealkylation sites (N-methyl/N-ethyl adjacent to an activating group) is 1. The van der Waals surface area contributed by atoms with Crippen LogP contribution in [-0.4, -0.2) is 43.0 Å². The number of benzene rings is 1.